The van der Waals surface area contributed by atoms with Crippen LogP contribution >= 0.6 is 0 Å². The summed E-state index contributed by atoms with van der Waals surface area (Å²) in [5.74, 6) is 0.652. The first-order chi connectivity index (χ1) is 8.50. The van der Waals surface area contributed by atoms with Gasteiger partial charge in [0.1, 0.15) is 0 Å². The molecule has 0 amide bonds. The minimum atomic E-state index is 0.343. The van der Waals surface area contributed by atoms with Crippen LogP contribution < -0.4 is 5.32 Å². The van der Waals surface area contributed by atoms with Crippen molar-refractivity contribution < 1.29 is 4.74 Å². The van der Waals surface area contributed by atoms with E-state index in [9.17, 15) is 0 Å². The Morgan fingerprint density at radius 1 is 1.39 bits per heavy atom. The van der Waals surface area contributed by atoms with Gasteiger partial charge >= 0.3 is 0 Å². The molecule has 0 radical (unpaired) electrons. The highest BCUT2D eigenvalue weighted by Gasteiger charge is 2.29. The molecule has 2 rings (SSSR count). The van der Waals surface area contributed by atoms with E-state index in [0.29, 0.717) is 17.4 Å². The molecule has 1 saturated heterocycles. The van der Waals surface area contributed by atoms with Gasteiger partial charge in [-0.1, -0.05) is 32.4 Å². The van der Waals surface area contributed by atoms with Gasteiger partial charge in [-0.05, 0) is 18.9 Å². The molecule has 1 N–H and O–H groups in total. The molecule has 2 heterocycles. The van der Waals surface area contributed by atoms with Crippen molar-refractivity contribution in [3.63, 3.8) is 0 Å². The van der Waals surface area contributed by atoms with Gasteiger partial charge in [0.05, 0.1) is 13.2 Å². The van der Waals surface area contributed by atoms with E-state index in [1.807, 2.05) is 7.05 Å². The lowest BCUT2D eigenvalue weighted by molar-refractivity contribution is 0.168. The number of likely N-dealkylation sites (N-methyl/N-ethyl adjacent to an activating group) is 1. The Kier molecular flexibility index (Phi) is 4.46. The minimum Gasteiger partial charge on any atom is -0.379 e. The molecule has 0 aromatic rings. The molecule has 2 atom stereocenters. The number of nitrogens with zero attached hydrogens (tertiary/aromatic N) is 1. The van der Waals surface area contributed by atoms with Crippen LogP contribution in [0.15, 0.2) is 11.6 Å². The highest BCUT2D eigenvalue weighted by molar-refractivity contribution is 5.14. The van der Waals surface area contributed by atoms with E-state index < -0.39 is 0 Å². The summed E-state index contributed by atoms with van der Waals surface area (Å²) >= 11 is 0. The van der Waals surface area contributed by atoms with Gasteiger partial charge in [0.15, 0.2) is 0 Å². The fourth-order valence-electron chi connectivity index (χ4n) is 2.99. The third kappa shape index (κ3) is 3.34. The van der Waals surface area contributed by atoms with Crippen molar-refractivity contribution in [1.29, 1.82) is 0 Å². The van der Waals surface area contributed by atoms with Gasteiger partial charge in [0, 0.05) is 31.6 Å². The lowest BCUT2D eigenvalue weighted by Gasteiger charge is -2.34. The molecule has 0 spiro atoms. The Bertz CT molecular complexity index is 306. The predicted octanol–water partition coefficient (Wildman–Crippen LogP) is 1.90. The molecule has 0 aromatic carbocycles. The van der Waals surface area contributed by atoms with Crippen LogP contribution in [0.5, 0.6) is 0 Å². The van der Waals surface area contributed by atoms with Crippen LogP contribution in [-0.2, 0) is 4.74 Å². The van der Waals surface area contributed by atoms with Crippen molar-refractivity contribution >= 4 is 0 Å². The van der Waals surface area contributed by atoms with Gasteiger partial charge in [0.2, 0.25) is 0 Å². The van der Waals surface area contributed by atoms with E-state index in [1.165, 1.54) is 19.5 Å². The van der Waals surface area contributed by atoms with Crippen LogP contribution in [0.1, 0.15) is 27.2 Å². The quantitative estimate of drug-likeness (QED) is 0.777. The molecular weight excluding hydrogens is 224 g/mol. The first-order valence-electron chi connectivity index (χ1n) is 7.17. The maximum atomic E-state index is 5.57. The van der Waals surface area contributed by atoms with Crippen molar-refractivity contribution in [3.05, 3.63) is 11.6 Å². The Labute approximate surface area is 112 Å². The monoisotopic (exact) mass is 252 g/mol. The molecule has 2 aliphatic rings. The lowest BCUT2D eigenvalue weighted by Crippen LogP contribution is -2.42. The summed E-state index contributed by atoms with van der Waals surface area (Å²) in [4.78, 5) is 2.57. The smallest absolute Gasteiger partial charge is 0.0623 e. The average Bonchev–Trinajstić information content (AvgIpc) is 2.76. The Morgan fingerprint density at radius 2 is 2.17 bits per heavy atom. The molecule has 2 aliphatic heterocycles. The normalized spacial score (nSPS) is 30.6. The second-order valence-electron chi connectivity index (χ2n) is 6.68. The molecule has 0 bridgehead atoms. The number of nitrogens with one attached hydrogen (secondary N) is 1. The topological polar surface area (TPSA) is 24.5 Å². The van der Waals surface area contributed by atoms with Crippen LogP contribution in [0.25, 0.3) is 0 Å². The van der Waals surface area contributed by atoms with Crippen LogP contribution in [-0.4, -0.2) is 50.8 Å². The highest BCUT2D eigenvalue weighted by atomic mass is 16.5. The van der Waals surface area contributed by atoms with E-state index >= 15 is 0 Å². The zero-order valence-electron chi connectivity index (χ0n) is 12.3. The van der Waals surface area contributed by atoms with Gasteiger partial charge in [-0.2, -0.15) is 0 Å². The largest absolute Gasteiger partial charge is 0.379 e. The Morgan fingerprint density at radius 3 is 2.72 bits per heavy atom. The van der Waals surface area contributed by atoms with Crippen molar-refractivity contribution in [3.8, 4) is 0 Å². The number of rotatable bonds is 3. The van der Waals surface area contributed by atoms with Crippen LogP contribution in [0, 0.1) is 11.3 Å². The zero-order chi connectivity index (χ0) is 13.2. The summed E-state index contributed by atoms with van der Waals surface area (Å²) in [6.45, 7) is 12.2. The minimum absolute atomic E-state index is 0.343. The van der Waals surface area contributed by atoms with E-state index in [1.54, 1.807) is 5.57 Å². The number of hydrogen-bond acceptors (Lipinski definition) is 3. The maximum absolute atomic E-state index is 5.57. The Balaban J connectivity index is 1.85. The second-order valence-corrected chi connectivity index (χ2v) is 6.68. The number of ether oxygens (including phenoxy) is 1. The standard InChI is InChI=1S/C15H28N2O/c1-15(2,3)13-5-7-17(8-6-13)9-12-10-18-11-14(12)16-4/h5,12,14,16H,6-11H2,1-4H3. The highest BCUT2D eigenvalue weighted by Crippen LogP contribution is 2.30. The van der Waals surface area contributed by atoms with Crippen molar-refractivity contribution in [2.24, 2.45) is 11.3 Å². The van der Waals surface area contributed by atoms with Crippen molar-refractivity contribution in [2.45, 2.75) is 33.2 Å². The third-order valence-electron chi connectivity index (χ3n) is 4.32. The van der Waals surface area contributed by atoms with Gasteiger partial charge in [-0.15, -0.1) is 0 Å². The molecule has 0 aliphatic carbocycles. The molecule has 3 nitrogen and oxygen atoms in total. The molecule has 1 fully saturated rings. The molecule has 3 heteroatoms. The molecule has 2 unspecified atom stereocenters. The van der Waals surface area contributed by atoms with Gasteiger partial charge in [-0.25, -0.2) is 0 Å². The fraction of sp³-hybridized carbons (Fsp3) is 0.867. The molecule has 104 valence electrons. The van der Waals surface area contributed by atoms with Crippen LogP contribution in [0.3, 0.4) is 0 Å². The van der Waals surface area contributed by atoms with Gasteiger partial charge < -0.3 is 10.1 Å². The van der Waals surface area contributed by atoms with E-state index in [2.05, 4.69) is 37.1 Å². The molecule has 18 heavy (non-hydrogen) atoms. The maximum Gasteiger partial charge on any atom is 0.0623 e. The zero-order valence-corrected chi connectivity index (χ0v) is 12.3. The Hall–Kier alpha value is -0.380. The summed E-state index contributed by atoms with van der Waals surface area (Å²) in [6, 6.07) is 0.540. The fourth-order valence-corrected chi connectivity index (χ4v) is 2.99. The lowest BCUT2D eigenvalue weighted by atomic mass is 9.83. The summed E-state index contributed by atoms with van der Waals surface area (Å²) < 4.78 is 5.57. The summed E-state index contributed by atoms with van der Waals surface area (Å²) in [7, 11) is 2.04. The molecule has 0 saturated carbocycles. The summed E-state index contributed by atoms with van der Waals surface area (Å²) in [6.07, 6.45) is 3.66. The SMILES string of the molecule is CNC1COCC1CN1CC=C(C(C)(C)C)CC1. The summed E-state index contributed by atoms with van der Waals surface area (Å²) in [5.41, 5.74) is 1.96. The van der Waals surface area contributed by atoms with Crippen LogP contribution in [0.4, 0.5) is 0 Å². The first kappa shape index (κ1) is 14.0. The van der Waals surface area contributed by atoms with E-state index in [4.69, 9.17) is 4.74 Å². The van der Waals surface area contributed by atoms with Gasteiger partial charge in [0.25, 0.3) is 0 Å². The summed E-state index contributed by atoms with van der Waals surface area (Å²) in [5, 5.41) is 3.37. The molecule has 0 aromatic heterocycles. The molecular formula is C15H28N2O. The predicted molar refractivity (Wildman–Crippen MR) is 75.8 cm³/mol. The van der Waals surface area contributed by atoms with Crippen molar-refractivity contribution in [1.82, 2.24) is 10.2 Å². The average molecular weight is 252 g/mol. The third-order valence-corrected chi connectivity index (χ3v) is 4.32. The second kappa shape index (κ2) is 5.72. The van der Waals surface area contributed by atoms with Crippen LogP contribution in [0.2, 0.25) is 0 Å². The van der Waals surface area contributed by atoms with Crippen molar-refractivity contribution in [2.75, 3.05) is 39.9 Å². The van der Waals surface area contributed by atoms with Gasteiger partial charge in [-0.3, -0.25) is 4.90 Å². The first-order valence-corrected chi connectivity index (χ1v) is 7.17. The van der Waals surface area contributed by atoms with E-state index in [-0.39, 0.29) is 0 Å². The van der Waals surface area contributed by atoms with E-state index in [0.717, 1.165) is 19.8 Å². The number of hydrogen-bond donors (Lipinski definition) is 1.